The Morgan fingerprint density at radius 1 is 0.850 bits per heavy atom. The van der Waals surface area contributed by atoms with Crippen LogP contribution in [0.4, 0.5) is 5.69 Å². The second-order valence-electron chi connectivity index (χ2n) is 11.5. The molecule has 214 valence electrons. The van der Waals surface area contributed by atoms with Crippen molar-refractivity contribution >= 4 is 27.5 Å². The molecule has 1 atom stereocenters. The number of carbonyl (C=O) groups is 2. The van der Waals surface area contributed by atoms with Crippen LogP contribution >= 0.6 is 0 Å². The molecule has 0 fully saturated rings. The van der Waals surface area contributed by atoms with Gasteiger partial charge in [0, 0.05) is 18.5 Å². The number of para-hydroxylation sites is 1. The van der Waals surface area contributed by atoms with E-state index in [1.807, 2.05) is 114 Å². The van der Waals surface area contributed by atoms with Crippen LogP contribution in [0.2, 0.25) is 0 Å². The van der Waals surface area contributed by atoms with E-state index in [1.165, 1.54) is 4.90 Å². The van der Waals surface area contributed by atoms with Crippen molar-refractivity contribution in [2.24, 2.45) is 0 Å². The number of nitrogens with zero attached hydrogens (tertiary/aromatic N) is 2. The maximum atomic E-state index is 14.2. The van der Waals surface area contributed by atoms with E-state index < -0.39 is 34.1 Å². The molecule has 0 spiro atoms. The fourth-order valence-corrected chi connectivity index (χ4v) is 5.75. The van der Waals surface area contributed by atoms with Gasteiger partial charge in [0.25, 0.3) is 0 Å². The first-order valence-corrected chi connectivity index (χ1v) is 15.3. The topological polar surface area (TPSA) is 86.8 Å². The second-order valence-corrected chi connectivity index (χ2v) is 13.4. The number of aryl methyl sites for hydroxylation is 3. The minimum atomic E-state index is -3.82. The van der Waals surface area contributed by atoms with Crippen LogP contribution in [0.3, 0.4) is 0 Å². The number of rotatable bonds is 10. The van der Waals surface area contributed by atoms with Crippen molar-refractivity contribution in [1.29, 1.82) is 0 Å². The van der Waals surface area contributed by atoms with E-state index in [9.17, 15) is 18.0 Å². The van der Waals surface area contributed by atoms with Gasteiger partial charge in [0.1, 0.15) is 12.6 Å². The van der Waals surface area contributed by atoms with Crippen LogP contribution in [-0.2, 0) is 32.6 Å². The zero-order valence-electron chi connectivity index (χ0n) is 24.6. The van der Waals surface area contributed by atoms with Crippen LogP contribution in [0.1, 0.15) is 48.6 Å². The van der Waals surface area contributed by atoms with Crippen LogP contribution in [-0.4, -0.2) is 49.5 Å². The van der Waals surface area contributed by atoms with E-state index in [1.54, 1.807) is 0 Å². The van der Waals surface area contributed by atoms with Crippen molar-refractivity contribution in [3.05, 3.63) is 101 Å². The molecule has 0 bridgehead atoms. The van der Waals surface area contributed by atoms with Crippen LogP contribution in [0, 0.1) is 20.8 Å². The lowest BCUT2D eigenvalue weighted by Gasteiger charge is -2.35. The zero-order valence-corrected chi connectivity index (χ0v) is 25.4. The molecule has 8 heteroatoms. The van der Waals surface area contributed by atoms with Gasteiger partial charge in [-0.2, -0.15) is 0 Å². The molecule has 0 aliphatic rings. The van der Waals surface area contributed by atoms with Crippen LogP contribution in [0.25, 0.3) is 0 Å². The summed E-state index contributed by atoms with van der Waals surface area (Å²) in [6.07, 6.45) is 1.38. The summed E-state index contributed by atoms with van der Waals surface area (Å²) in [4.78, 5) is 29.5. The average molecular weight is 564 g/mol. The summed E-state index contributed by atoms with van der Waals surface area (Å²) in [6, 6.07) is 21.9. The summed E-state index contributed by atoms with van der Waals surface area (Å²) in [5, 5.41) is 3.04. The van der Waals surface area contributed by atoms with E-state index in [2.05, 4.69) is 5.32 Å². The number of anilines is 1. The first-order valence-electron chi connectivity index (χ1n) is 13.4. The van der Waals surface area contributed by atoms with Crippen molar-refractivity contribution in [1.82, 2.24) is 10.2 Å². The van der Waals surface area contributed by atoms with Gasteiger partial charge in [-0.25, -0.2) is 8.42 Å². The molecule has 0 aliphatic heterocycles. The largest absolute Gasteiger partial charge is 0.350 e. The summed E-state index contributed by atoms with van der Waals surface area (Å²) < 4.78 is 27.3. The highest BCUT2D eigenvalue weighted by Crippen LogP contribution is 2.27. The molecule has 1 N–H and O–H groups in total. The van der Waals surface area contributed by atoms with Gasteiger partial charge in [0.15, 0.2) is 0 Å². The van der Waals surface area contributed by atoms with Gasteiger partial charge in [-0.1, -0.05) is 78.4 Å². The number of hydrogen-bond donors (Lipinski definition) is 1. The zero-order chi connectivity index (χ0) is 29.7. The van der Waals surface area contributed by atoms with E-state index in [4.69, 9.17) is 0 Å². The Balaban J connectivity index is 2.11. The minimum absolute atomic E-state index is 0.153. The Bertz CT molecular complexity index is 1430. The predicted octanol–water partition coefficient (Wildman–Crippen LogP) is 4.93. The summed E-state index contributed by atoms with van der Waals surface area (Å²) in [7, 11) is -3.82. The molecule has 0 unspecified atom stereocenters. The molecule has 3 aromatic rings. The van der Waals surface area contributed by atoms with E-state index in [-0.39, 0.29) is 18.9 Å². The van der Waals surface area contributed by atoms with Crippen molar-refractivity contribution in [2.45, 2.75) is 66.1 Å². The van der Waals surface area contributed by atoms with Gasteiger partial charge in [0.05, 0.1) is 11.9 Å². The number of carbonyl (C=O) groups excluding carboxylic acids is 2. The highest BCUT2D eigenvalue weighted by Gasteiger charge is 2.34. The first-order chi connectivity index (χ1) is 18.7. The predicted molar refractivity (Wildman–Crippen MR) is 162 cm³/mol. The Hall–Kier alpha value is -3.65. The van der Waals surface area contributed by atoms with Crippen molar-refractivity contribution in [3.63, 3.8) is 0 Å². The average Bonchev–Trinajstić information content (AvgIpc) is 2.84. The van der Waals surface area contributed by atoms with E-state index in [0.29, 0.717) is 5.69 Å². The molecule has 40 heavy (non-hydrogen) atoms. The molecule has 3 aromatic carbocycles. The Morgan fingerprint density at radius 3 is 1.98 bits per heavy atom. The van der Waals surface area contributed by atoms with Crippen molar-refractivity contribution in [3.8, 4) is 0 Å². The molecule has 0 aromatic heterocycles. The van der Waals surface area contributed by atoms with Gasteiger partial charge in [-0.15, -0.1) is 0 Å². The Morgan fingerprint density at radius 2 is 1.43 bits per heavy atom. The van der Waals surface area contributed by atoms with E-state index >= 15 is 0 Å². The standard InChI is InChI=1S/C32H41N3O4S/c1-23-13-11-18-27(19-23)21-34(28(31(37)33-32(4,5)6)20-26-16-9-8-10-17-26)29(36)22-35(40(7,38)39)30-24(2)14-12-15-25(30)3/h8-19,28H,20-22H2,1-7H3,(H,33,37)/t28-/m0/s1. The molecule has 2 amide bonds. The van der Waals surface area contributed by atoms with Crippen molar-refractivity contribution < 1.29 is 18.0 Å². The highest BCUT2D eigenvalue weighted by molar-refractivity contribution is 7.92. The molecular weight excluding hydrogens is 522 g/mol. The monoisotopic (exact) mass is 563 g/mol. The third kappa shape index (κ3) is 8.42. The summed E-state index contributed by atoms with van der Waals surface area (Å²) in [5.41, 5.74) is 4.22. The fourth-order valence-electron chi connectivity index (χ4n) is 4.79. The molecule has 0 heterocycles. The molecule has 7 nitrogen and oxygen atoms in total. The molecule has 0 saturated carbocycles. The Labute approximate surface area is 239 Å². The molecule has 0 radical (unpaired) electrons. The van der Waals surface area contributed by atoms with Gasteiger partial charge >= 0.3 is 0 Å². The third-order valence-corrected chi connectivity index (χ3v) is 7.69. The molecule has 0 saturated heterocycles. The number of nitrogens with one attached hydrogen (secondary N) is 1. The number of amides is 2. The smallest absolute Gasteiger partial charge is 0.244 e. The summed E-state index contributed by atoms with van der Waals surface area (Å²) in [6.45, 7) is 11.0. The first kappa shape index (κ1) is 30.9. The normalized spacial score (nSPS) is 12.5. The second kappa shape index (κ2) is 12.7. The summed E-state index contributed by atoms with van der Waals surface area (Å²) >= 11 is 0. The highest BCUT2D eigenvalue weighted by atomic mass is 32.2. The number of benzene rings is 3. The lowest BCUT2D eigenvalue weighted by atomic mass is 10.0. The van der Waals surface area contributed by atoms with Crippen LogP contribution in [0.5, 0.6) is 0 Å². The number of hydrogen-bond acceptors (Lipinski definition) is 4. The third-order valence-electron chi connectivity index (χ3n) is 6.57. The quantitative estimate of drug-likeness (QED) is 0.379. The number of sulfonamides is 1. The van der Waals surface area contributed by atoms with Crippen LogP contribution < -0.4 is 9.62 Å². The van der Waals surface area contributed by atoms with Gasteiger partial charge < -0.3 is 10.2 Å². The van der Waals surface area contributed by atoms with Gasteiger partial charge in [-0.3, -0.25) is 13.9 Å². The molecule has 0 aliphatic carbocycles. The lowest BCUT2D eigenvalue weighted by molar-refractivity contribution is -0.140. The fraction of sp³-hybridized carbons (Fsp3) is 0.375. The summed E-state index contributed by atoms with van der Waals surface area (Å²) in [5.74, 6) is -0.755. The van der Waals surface area contributed by atoms with Crippen LogP contribution in [0.15, 0.2) is 72.8 Å². The maximum Gasteiger partial charge on any atom is 0.244 e. The minimum Gasteiger partial charge on any atom is -0.350 e. The van der Waals surface area contributed by atoms with Crippen molar-refractivity contribution in [2.75, 3.05) is 17.1 Å². The maximum absolute atomic E-state index is 14.2. The van der Waals surface area contributed by atoms with Gasteiger partial charge in [0.2, 0.25) is 21.8 Å². The Kier molecular flexibility index (Phi) is 9.79. The molecular formula is C32H41N3O4S. The van der Waals surface area contributed by atoms with E-state index in [0.717, 1.165) is 38.4 Å². The van der Waals surface area contributed by atoms with Gasteiger partial charge in [-0.05, 0) is 63.8 Å². The lowest BCUT2D eigenvalue weighted by Crippen LogP contribution is -2.56. The molecule has 3 rings (SSSR count). The SMILES string of the molecule is Cc1cccc(CN(C(=O)CN(c2c(C)cccc2C)S(C)(=O)=O)[C@@H](Cc2ccccc2)C(=O)NC(C)(C)C)c1.